The second-order valence-electron chi connectivity index (χ2n) is 11.9. The highest BCUT2D eigenvalue weighted by atomic mass is 15.2. The summed E-state index contributed by atoms with van der Waals surface area (Å²) in [6.07, 6.45) is 16.5. The second-order valence-corrected chi connectivity index (χ2v) is 11.9. The lowest BCUT2D eigenvalue weighted by Crippen LogP contribution is -2.28. The molecule has 2 nitrogen and oxygen atoms in total. The maximum Gasteiger partial charge on any atom is 0.0542 e. The first kappa shape index (κ1) is 21.2. The van der Waals surface area contributed by atoms with E-state index in [9.17, 15) is 0 Å². The molecule has 5 aliphatic rings. The first-order chi connectivity index (χ1) is 18.8. The first-order valence-corrected chi connectivity index (χ1v) is 14.5. The molecule has 3 aromatic carbocycles. The van der Waals surface area contributed by atoms with Gasteiger partial charge in [0.25, 0.3) is 0 Å². The van der Waals surface area contributed by atoms with Crippen molar-refractivity contribution in [3.05, 3.63) is 118 Å². The predicted octanol–water partition coefficient (Wildman–Crippen LogP) is 9.02. The van der Waals surface area contributed by atoms with Crippen molar-refractivity contribution in [1.82, 2.24) is 4.57 Å². The fourth-order valence-corrected chi connectivity index (χ4v) is 8.14. The van der Waals surface area contributed by atoms with Crippen molar-refractivity contribution in [3.63, 3.8) is 0 Å². The summed E-state index contributed by atoms with van der Waals surface area (Å²) < 4.78 is 2.57. The third-order valence-corrected chi connectivity index (χ3v) is 10.1. The zero-order valence-electron chi connectivity index (χ0n) is 21.7. The molecule has 0 spiro atoms. The van der Waals surface area contributed by atoms with E-state index in [1.54, 1.807) is 22.3 Å². The van der Waals surface area contributed by atoms with Crippen molar-refractivity contribution in [2.75, 3.05) is 4.90 Å². The molecule has 0 radical (unpaired) electrons. The molecule has 2 heterocycles. The highest BCUT2D eigenvalue weighted by Crippen LogP contribution is 2.54. The number of benzene rings is 3. The number of fused-ring (bicyclic) bond motifs is 8. The van der Waals surface area contributed by atoms with Gasteiger partial charge in [-0.2, -0.15) is 0 Å². The van der Waals surface area contributed by atoms with Crippen LogP contribution in [0.5, 0.6) is 0 Å². The number of rotatable bonds is 2. The summed E-state index contributed by atoms with van der Waals surface area (Å²) in [6, 6.07) is 27.8. The molecule has 38 heavy (non-hydrogen) atoms. The van der Waals surface area contributed by atoms with Crippen LogP contribution in [0.25, 0.3) is 22.7 Å². The van der Waals surface area contributed by atoms with E-state index in [0.29, 0.717) is 12.0 Å². The van der Waals surface area contributed by atoms with Gasteiger partial charge in [0.1, 0.15) is 0 Å². The highest BCUT2D eigenvalue weighted by Gasteiger charge is 2.41. The van der Waals surface area contributed by atoms with Gasteiger partial charge in [-0.05, 0) is 116 Å². The quantitative estimate of drug-likeness (QED) is 0.271. The van der Waals surface area contributed by atoms with Gasteiger partial charge in [-0.3, -0.25) is 0 Å². The molecule has 0 amide bonds. The fraction of sp³-hybridized carbons (Fsp3) is 0.278. The topological polar surface area (TPSA) is 8.17 Å². The molecule has 9 rings (SSSR count). The van der Waals surface area contributed by atoms with Crippen LogP contribution in [0.3, 0.4) is 0 Å². The van der Waals surface area contributed by atoms with Gasteiger partial charge in [-0.15, -0.1) is 0 Å². The summed E-state index contributed by atoms with van der Waals surface area (Å²) in [4.78, 5) is 2.67. The summed E-state index contributed by atoms with van der Waals surface area (Å²) in [5, 5.41) is 1.45. The number of anilines is 2. The summed E-state index contributed by atoms with van der Waals surface area (Å²) in [5.41, 5.74) is 14.7. The van der Waals surface area contributed by atoms with Gasteiger partial charge in [-0.25, -0.2) is 0 Å². The van der Waals surface area contributed by atoms with Crippen molar-refractivity contribution in [2.45, 2.75) is 56.9 Å². The third kappa shape index (κ3) is 2.89. The van der Waals surface area contributed by atoms with Gasteiger partial charge in [0.15, 0.2) is 0 Å². The maximum absolute atomic E-state index is 2.67. The van der Waals surface area contributed by atoms with E-state index in [4.69, 9.17) is 0 Å². The molecule has 4 aromatic rings. The van der Waals surface area contributed by atoms with Crippen LogP contribution in [-0.2, 0) is 6.42 Å². The highest BCUT2D eigenvalue weighted by molar-refractivity contribution is 5.96. The molecule has 3 unspecified atom stereocenters. The van der Waals surface area contributed by atoms with Crippen molar-refractivity contribution in [1.29, 1.82) is 0 Å². The molecular formula is C36H32N2. The van der Waals surface area contributed by atoms with Gasteiger partial charge < -0.3 is 9.47 Å². The molecule has 0 N–H and O–H groups in total. The van der Waals surface area contributed by atoms with Gasteiger partial charge >= 0.3 is 0 Å². The SMILES string of the molecule is C1=C2CCC2=CC2c3cc4c(cc3N(c3ccccc3)C2C1)c1c(n4-c2ccccc2)C=C2CCCC2C1. The Kier molecular flexibility index (Phi) is 4.38. The third-order valence-electron chi connectivity index (χ3n) is 10.1. The Morgan fingerprint density at radius 3 is 2.37 bits per heavy atom. The monoisotopic (exact) mass is 492 g/mol. The minimum atomic E-state index is 0.424. The van der Waals surface area contributed by atoms with E-state index < -0.39 is 0 Å². The lowest BCUT2D eigenvalue weighted by molar-refractivity contribution is 0.621. The Morgan fingerprint density at radius 2 is 1.58 bits per heavy atom. The van der Waals surface area contributed by atoms with Crippen LogP contribution in [0, 0.1) is 5.92 Å². The lowest BCUT2D eigenvalue weighted by atomic mass is 9.83. The van der Waals surface area contributed by atoms with Gasteiger partial charge in [0.05, 0.1) is 11.2 Å². The normalized spacial score (nSPS) is 24.8. The first-order valence-electron chi connectivity index (χ1n) is 14.5. The maximum atomic E-state index is 2.67. The molecule has 1 aromatic heterocycles. The summed E-state index contributed by atoms with van der Waals surface area (Å²) in [5.74, 6) is 1.15. The van der Waals surface area contributed by atoms with Crippen LogP contribution < -0.4 is 4.90 Å². The van der Waals surface area contributed by atoms with E-state index >= 15 is 0 Å². The number of allylic oxidation sites excluding steroid dienone is 3. The molecule has 3 atom stereocenters. The standard InChI is InChI=1S/C36H32N2/c1-3-10-27(11-4-1)37-33-17-16-23-14-15-26(23)19-29(33)31-21-36-32(22-35(31)37)30-18-24-8-7-9-25(24)20-34(30)38(36)28-12-5-2-6-13-28/h1-6,10-13,16,19-22,24,29,33H,7-9,14-15,17-18H2. The molecule has 2 heteroatoms. The number of para-hydroxylation sites is 2. The molecule has 0 bridgehead atoms. The Balaban J connectivity index is 1.33. The Bertz CT molecular complexity index is 1700. The van der Waals surface area contributed by atoms with E-state index in [0.717, 1.165) is 12.3 Å². The van der Waals surface area contributed by atoms with Gasteiger partial charge in [0, 0.05) is 34.4 Å². The summed E-state index contributed by atoms with van der Waals surface area (Å²) in [7, 11) is 0. The zero-order chi connectivity index (χ0) is 24.8. The van der Waals surface area contributed by atoms with Crippen LogP contribution in [0.15, 0.2) is 102 Å². The summed E-state index contributed by atoms with van der Waals surface area (Å²) in [6.45, 7) is 0. The van der Waals surface area contributed by atoms with Crippen LogP contribution in [-0.4, -0.2) is 10.6 Å². The predicted molar refractivity (Wildman–Crippen MR) is 157 cm³/mol. The van der Waals surface area contributed by atoms with E-state index in [1.807, 2.05) is 0 Å². The Labute approximate surface area is 224 Å². The van der Waals surface area contributed by atoms with Crippen molar-refractivity contribution < 1.29 is 0 Å². The zero-order valence-corrected chi connectivity index (χ0v) is 21.7. The average molecular weight is 493 g/mol. The van der Waals surface area contributed by atoms with Crippen molar-refractivity contribution >= 4 is 28.4 Å². The smallest absolute Gasteiger partial charge is 0.0542 e. The molecule has 186 valence electrons. The fourth-order valence-electron chi connectivity index (χ4n) is 8.14. The van der Waals surface area contributed by atoms with Crippen molar-refractivity contribution in [2.24, 2.45) is 5.92 Å². The molecule has 2 fully saturated rings. The number of nitrogens with zero attached hydrogens (tertiary/aromatic N) is 2. The van der Waals surface area contributed by atoms with E-state index in [1.165, 1.54) is 77.7 Å². The average Bonchev–Trinajstić information content (AvgIpc) is 3.59. The van der Waals surface area contributed by atoms with E-state index in [2.05, 4.69) is 100 Å². The molecule has 0 saturated heterocycles. The Hall–Kier alpha value is -3.78. The molecular weight excluding hydrogens is 460 g/mol. The summed E-state index contributed by atoms with van der Waals surface area (Å²) >= 11 is 0. The minimum absolute atomic E-state index is 0.424. The van der Waals surface area contributed by atoms with Crippen LogP contribution >= 0.6 is 0 Å². The largest absolute Gasteiger partial charge is 0.337 e. The van der Waals surface area contributed by atoms with Gasteiger partial charge in [-0.1, -0.05) is 54.1 Å². The second kappa shape index (κ2) is 7.86. The Morgan fingerprint density at radius 1 is 0.789 bits per heavy atom. The van der Waals surface area contributed by atoms with E-state index in [-0.39, 0.29) is 0 Å². The molecule has 2 saturated carbocycles. The van der Waals surface area contributed by atoms with Crippen LogP contribution in [0.4, 0.5) is 11.4 Å². The number of hydrogen-bond acceptors (Lipinski definition) is 1. The van der Waals surface area contributed by atoms with Crippen LogP contribution in [0.2, 0.25) is 0 Å². The molecule has 4 aliphatic carbocycles. The van der Waals surface area contributed by atoms with Gasteiger partial charge in [0.2, 0.25) is 0 Å². The number of aromatic nitrogens is 1. The number of hydrogen-bond donors (Lipinski definition) is 0. The minimum Gasteiger partial charge on any atom is -0.337 e. The lowest BCUT2D eigenvalue weighted by Gasteiger charge is -2.29. The molecule has 1 aliphatic heterocycles. The van der Waals surface area contributed by atoms with Crippen molar-refractivity contribution in [3.8, 4) is 5.69 Å². The van der Waals surface area contributed by atoms with Crippen LogP contribution in [0.1, 0.15) is 61.3 Å².